The highest BCUT2D eigenvalue weighted by Gasteiger charge is 2.40. The van der Waals surface area contributed by atoms with Crippen molar-refractivity contribution in [3.8, 4) is 17.0 Å². The molecule has 2 unspecified atom stereocenters. The van der Waals surface area contributed by atoms with Crippen LogP contribution in [0.1, 0.15) is 25.3 Å². The molecule has 1 aliphatic rings. The van der Waals surface area contributed by atoms with Gasteiger partial charge in [0.05, 0.1) is 22.9 Å². The maximum absolute atomic E-state index is 10.2. The van der Waals surface area contributed by atoms with Gasteiger partial charge >= 0.3 is 0 Å². The van der Waals surface area contributed by atoms with E-state index in [0.29, 0.717) is 23.3 Å². The van der Waals surface area contributed by atoms with Crippen molar-refractivity contribution in [2.24, 2.45) is 5.92 Å². The summed E-state index contributed by atoms with van der Waals surface area (Å²) in [6, 6.07) is 7.74. The minimum Gasteiger partial charge on any atom is -0.495 e. The number of hydrogen-bond acceptors (Lipinski definition) is 5. The van der Waals surface area contributed by atoms with Gasteiger partial charge in [0, 0.05) is 30.9 Å². The average molecular weight is 466 g/mol. The fourth-order valence-corrected chi connectivity index (χ4v) is 4.54. The minimum absolute atomic E-state index is 0.305. The van der Waals surface area contributed by atoms with E-state index in [1.54, 1.807) is 23.9 Å². The number of hydrogen-bond donors (Lipinski definition) is 2. The van der Waals surface area contributed by atoms with E-state index in [1.807, 2.05) is 19.1 Å². The summed E-state index contributed by atoms with van der Waals surface area (Å²) in [4.78, 5) is 4.31. The summed E-state index contributed by atoms with van der Waals surface area (Å²) in [5.74, 6) is 1.03. The average Bonchev–Trinajstić information content (AvgIpc) is 3.04. The number of rotatable bonds is 6. The number of fused-ring (bicyclic) bond motifs is 1. The van der Waals surface area contributed by atoms with Crippen LogP contribution >= 0.6 is 27.5 Å². The van der Waals surface area contributed by atoms with Crippen LogP contribution in [0.3, 0.4) is 0 Å². The molecule has 2 aromatic heterocycles. The molecule has 1 fully saturated rings. The van der Waals surface area contributed by atoms with Gasteiger partial charge in [-0.05, 0) is 65.4 Å². The smallest absolute Gasteiger partial charge is 0.157 e. The Morgan fingerprint density at radius 1 is 1.43 bits per heavy atom. The van der Waals surface area contributed by atoms with Crippen LogP contribution in [-0.4, -0.2) is 39.0 Å². The van der Waals surface area contributed by atoms with E-state index in [1.165, 1.54) is 0 Å². The molecule has 6 nitrogen and oxygen atoms in total. The van der Waals surface area contributed by atoms with Crippen LogP contribution in [0.15, 0.2) is 34.9 Å². The van der Waals surface area contributed by atoms with E-state index >= 15 is 0 Å². The number of nitrogens with zero attached hydrogens (tertiary/aromatic N) is 3. The molecule has 0 aliphatic heterocycles. The topological polar surface area (TPSA) is 71.7 Å². The fraction of sp³-hybridized carbons (Fsp3) is 0.400. The maximum atomic E-state index is 10.2. The lowest BCUT2D eigenvalue weighted by Gasteiger charge is -2.43. The molecule has 0 spiro atoms. The molecule has 2 atom stereocenters. The summed E-state index contributed by atoms with van der Waals surface area (Å²) in [6.07, 6.45) is 3.67. The Hall–Kier alpha value is -1.67. The van der Waals surface area contributed by atoms with Crippen LogP contribution in [-0.2, 0) is 6.54 Å². The second-order valence-corrected chi connectivity index (χ2v) is 8.69. The van der Waals surface area contributed by atoms with Crippen LogP contribution in [0, 0.1) is 5.92 Å². The SMILES string of the molecule is COc1c(Br)cc(CNCC2CCC2(C)O)cc1-c1ccnc2cc(Cl)nn12. The van der Waals surface area contributed by atoms with E-state index in [2.05, 4.69) is 37.4 Å². The second-order valence-electron chi connectivity index (χ2n) is 7.45. The zero-order valence-electron chi connectivity index (χ0n) is 15.7. The Balaban J connectivity index is 1.64. The van der Waals surface area contributed by atoms with Crippen molar-refractivity contribution in [3.63, 3.8) is 0 Å². The predicted octanol–water partition coefficient (Wildman–Crippen LogP) is 4.07. The lowest BCUT2D eigenvalue weighted by atomic mass is 9.70. The molecule has 1 aromatic carbocycles. The zero-order chi connectivity index (χ0) is 19.9. The maximum Gasteiger partial charge on any atom is 0.157 e. The monoisotopic (exact) mass is 464 g/mol. The number of aliphatic hydroxyl groups is 1. The summed E-state index contributed by atoms with van der Waals surface area (Å²) in [5.41, 5.74) is 2.98. The highest BCUT2D eigenvalue weighted by Crippen LogP contribution is 2.39. The number of ether oxygens (including phenoxy) is 1. The van der Waals surface area contributed by atoms with Crippen molar-refractivity contribution < 1.29 is 9.84 Å². The van der Waals surface area contributed by atoms with Crippen molar-refractivity contribution in [2.45, 2.75) is 31.9 Å². The Kier molecular flexibility index (Phi) is 5.35. The van der Waals surface area contributed by atoms with Gasteiger partial charge < -0.3 is 15.2 Å². The summed E-state index contributed by atoms with van der Waals surface area (Å²) in [5, 5.41) is 18.4. The summed E-state index contributed by atoms with van der Waals surface area (Å²) in [6.45, 7) is 3.39. The van der Waals surface area contributed by atoms with Gasteiger partial charge in [-0.2, -0.15) is 5.10 Å². The van der Waals surface area contributed by atoms with Gasteiger partial charge in [-0.25, -0.2) is 9.50 Å². The molecule has 1 aliphatic carbocycles. The zero-order valence-corrected chi connectivity index (χ0v) is 18.1. The lowest BCUT2D eigenvalue weighted by molar-refractivity contribution is -0.0766. The first kappa shape index (κ1) is 19.6. The van der Waals surface area contributed by atoms with E-state index in [0.717, 1.165) is 46.4 Å². The number of halogens is 2. The Morgan fingerprint density at radius 3 is 2.93 bits per heavy atom. The quantitative estimate of drug-likeness (QED) is 0.574. The van der Waals surface area contributed by atoms with Gasteiger partial charge in [-0.1, -0.05) is 11.6 Å². The normalized spacial score (nSPS) is 21.7. The van der Waals surface area contributed by atoms with Crippen molar-refractivity contribution in [2.75, 3.05) is 13.7 Å². The van der Waals surface area contributed by atoms with Crippen LogP contribution in [0.4, 0.5) is 0 Å². The third-order valence-electron chi connectivity index (χ3n) is 5.51. The molecule has 2 N–H and O–H groups in total. The van der Waals surface area contributed by atoms with E-state index < -0.39 is 5.60 Å². The summed E-state index contributed by atoms with van der Waals surface area (Å²) < 4.78 is 8.22. The summed E-state index contributed by atoms with van der Waals surface area (Å²) >= 11 is 9.70. The molecule has 1 saturated carbocycles. The predicted molar refractivity (Wildman–Crippen MR) is 113 cm³/mol. The first-order valence-electron chi connectivity index (χ1n) is 9.19. The van der Waals surface area contributed by atoms with E-state index in [9.17, 15) is 5.11 Å². The Bertz CT molecular complexity index is 1020. The molecule has 4 rings (SSSR count). The number of aromatic nitrogens is 3. The molecule has 3 aromatic rings. The fourth-order valence-electron chi connectivity index (χ4n) is 3.70. The van der Waals surface area contributed by atoms with Crippen LogP contribution in [0.5, 0.6) is 5.75 Å². The minimum atomic E-state index is -0.541. The summed E-state index contributed by atoms with van der Waals surface area (Å²) in [7, 11) is 1.65. The van der Waals surface area contributed by atoms with Crippen molar-refractivity contribution in [1.29, 1.82) is 0 Å². The van der Waals surface area contributed by atoms with Crippen molar-refractivity contribution >= 4 is 33.2 Å². The van der Waals surface area contributed by atoms with Crippen LogP contribution in [0.2, 0.25) is 5.15 Å². The van der Waals surface area contributed by atoms with Gasteiger partial charge in [0.25, 0.3) is 0 Å². The molecule has 0 bridgehead atoms. The second kappa shape index (κ2) is 7.63. The van der Waals surface area contributed by atoms with Gasteiger partial charge in [0.15, 0.2) is 10.8 Å². The molecule has 148 valence electrons. The molecule has 28 heavy (non-hydrogen) atoms. The molecule has 2 heterocycles. The molecular formula is C20H22BrClN4O2. The largest absolute Gasteiger partial charge is 0.495 e. The van der Waals surface area contributed by atoms with Gasteiger partial charge in [-0.15, -0.1) is 0 Å². The molecule has 0 amide bonds. The van der Waals surface area contributed by atoms with E-state index in [-0.39, 0.29) is 0 Å². The number of nitrogens with one attached hydrogen (secondary N) is 1. The number of methoxy groups -OCH3 is 1. The van der Waals surface area contributed by atoms with Crippen molar-refractivity contribution in [3.05, 3.63) is 45.7 Å². The standard InChI is InChI=1S/C20H22BrClN4O2/c1-20(27)5-3-13(20)11-23-10-12-7-14(19(28-2)15(21)8-12)16-4-6-24-18-9-17(22)25-26(16)18/h4,6-9,13,23,27H,3,5,10-11H2,1-2H3. The molecule has 8 heteroatoms. The van der Waals surface area contributed by atoms with Crippen molar-refractivity contribution in [1.82, 2.24) is 19.9 Å². The molecule has 0 radical (unpaired) electrons. The lowest BCUT2D eigenvalue weighted by Crippen LogP contribution is -2.48. The third-order valence-corrected chi connectivity index (χ3v) is 6.28. The highest BCUT2D eigenvalue weighted by atomic mass is 79.9. The van der Waals surface area contributed by atoms with Crippen LogP contribution < -0.4 is 10.1 Å². The van der Waals surface area contributed by atoms with E-state index in [4.69, 9.17) is 16.3 Å². The van der Waals surface area contributed by atoms with Crippen LogP contribution in [0.25, 0.3) is 16.9 Å². The number of benzene rings is 1. The Labute approximate surface area is 177 Å². The van der Waals surface area contributed by atoms with Gasteiger partial charge in [0.2, 0.25) is 0 Å². The third kappa shape index (κ3) is 3.64. The molecule has 0 saturated heterocycles. The van der Waals surface area contributed by atoms with Gasteiger partial charge in [0.1, 0.15) is 5.75 Å². The first-order valence-corrected chi connectivity index (χ1v) is 10.4. The highest BCUT2D eigenvalue weighted by molar-refractivity contribution is 9.10. The van der Waals surface area contributed by atoms with Gasteiger partial charge in [-0.3, -0.25) is 0 Å². The molecular weight excluding hydrogens is 444 g/mol. The first-order chi connectivity index (χ1) is 13.4. The Morgan fingerprint density at radius 2 is 2.25 bits per heavy atom.